The lowest BCUT2D eigenvalue weighted by molar-refractivity contribution is -0.385. The van der Waals surface area contributed by atoms with E-state index in [-0.39, 0.29) is 11.4 Å². The number of ether oxygens (including phenoxy) is 1. The van der Waals surface area contributed by atoms with Gasteiger partial charge in [0.05, 0.1) is 18.6 Å². The van der Waals surface area contributed by atoms with E-state index in [0.717, 1.165) is 6.07 Å². The normalized spacial score (nSPS) is 10.7. The van der Waals surface area contributed by atoms with Gasteiger partial charge in [-0.15, -0.1) is 0 Å². The number of alkyl halides is 3. The van der Waals surface area contributed by atoms with Gasteiger partial charge in [0.2, 0.25) is 5.91 Å². The number of hydrogen-bond donors (Lipinski definition) is 2. The Balaban J connectivity index is 2.71. The fourth-order valence-electron chi connectivity index (χ4n) is 1.38. The van der Waals surface area contributed by atoms with Gasteiger partial charge in [0.15, 0.2) is 5.75 Å². The second kappa shape index (κ2) is 6.74. The molecule has 0 unspecified atom stereocenters. The van der Waals surface area contributed by atoms with Crippen LogP contribution < -0.4 is 15.4 Å². The third-order valence-electron chi connectivity index (χ3n) is 2.33. The number of nitrogens with one attached hydrogen (secondary N) is 2. The van der Waals surface area contributed by atoms with Crippen molar-refractivity contribution in [1.29, 1.82) is 0 Å². The fraction of sp³-hybridized carbons (Fsp3) is 0.273. The van der Waals surface area contributed by atoms with Crippen LogP contribution in [0.1, 0.15) is 0 Å². The molecule has 0 heterocycles. The van der Waals surface area contributed by atoms with E-state index in [1.54, 1.807) is 0 Å². The molecule has 1 aromatic rings. The Morgan fingerprint density at radius 3 is 2.50 bits per heavy atom. The number of amides is 2. The molecule has 2 amide bonds. The average Bonchev–Trinajstić information content (AvgIpc) is 2.43. The van der Waals surface area contributed by atoms with Gasteiger partial charge in [0, 0.05) is 11.8 Å². The summed E-state index contributed by atoms with van der Waals surface area (Å²) in [4.78, 5) is 31.9. The molecule has 0 saturated heterocycles. The molecule has 0 aliphatic rings. The monoisotopic (exact) mass is 321 g/mol. The maximum absolute atomic E-state index is 11.9. The van der Waals surface area contributed by atoms with Gasteiger partial charge < -0.3 is 15.4 Å². The number of hydrogen-bond acceptors (Lipinski definition) is 5. The molecule has 0 aromatic heterocycles. The summed E-state index contributed by atoms with van der Waals surface area (Å²) in [5.41, 5.74) is -0.460. The van der Waals surface area contributed by atoms with Crippen LogP contribution in [0.3, 0.4) is 0 Å². The van der Waals surface area contributed by atoms with Crippen LogP contribution in [0, 0.1) is 10.1 Å². The lowest BCUT2D eigenvalue weighted by Crippen LogP contribution is -2.41. The van der Waals surface area contributed by atoms with Gasteiger partial charge in [-0.1, -0.05) is 0 Å². The van der Waals surface area contributed by atoms with Crippen LogP contribution in [0.15, 0.2) is 18.2 Å². The molecule has 0 atom stereocenters. The van der Waals surface area contributed by atoms with Gasteiger partial charge in [-0.05, 0) is 12.1 Å². The smallest absolute Gasteiger partial charge is 0.471 e. The topological polar surface area (TPSA) is 111 Å². The maximum Gasteiger partial charge on any atom is 0.471 e. The molecule has 0 bridgehead atoms. The molecule has 22 heavy (non-hydrogen) atoms. The molecule has 1 aromatic carbocycles. The first-order chi connectivity index (χ1) is 10.1. The molecule has 0 spiro atoms. The number of nitro benzene ring substituents is 1. The summed E-state index contributed by atoms with van der Waals surface area (Å²) in [5, 5.41) is 14.3. The lowest BCUT2D eigenvalue weighted by Gasteiger charge is -2.09. The number of nitrogens with zero attached hydrogens (tertiary/aromatic N) is 1. The molecular formula is C11H10F3N3O5. The Morgan fingerprint density at radius 2 is 2.00 bits per heavy atom. The molecule has 1 rings (SSSR count). The van der Waals surface area contributed by atoms with Crippen molar-refractivity contribution < 1.29 is 32.4 Å². The summed E-state index contributed by atoms with van der Waals surface area (Å²) in [6, 6.07) is 3.44. The molecular weight excluding hydrogens is 311 g/mol. The number of halogens is 3. The van der Waals surface area contributed by atoms with E-state index < -0.39 is 35.1 Å². The van der Waals surface area contributed by atoms with Crippen LogP contribution in [0.25, 0.3) is 0 Å². The highest BCUT2D eigenvalue weighted by atomic mass is 19.4. The summed E-state index contributed by atoms with van der Waals surface area (Å²) in [6.07, 6.45) is -5.10. The fourth-order valence-corrected chi connectivity index (χ4v) is 1.38. The first-order valence-electron chi connectivity index (χ1n) is 5.62. The van der Waals surface area contributed by atoms with Crippen molar-refractivity contribution >= 4 is 23.2 Å². The Hall–Kier alpha value is -2.85. The van der Waals surface area contributed by atoms with Crippen molar-refractivity contribution in [1.82, 2.24) is 5.32 Å². The van der Waals surface area contributed by atoms with Crippen molar-refractivity contribution in [2.24, 2.45) is 0 Å². The SMILES string of the molecule is COc1ccc(NC(=O)CNC(=O)C(F)(F)F)cc1[N+](=O)[O-]. The second-order valence-electron chi connectivity index (χ2n) is 3.87. The minimum absolute atomic E-state index is 0.0289. The van der Waals surface area contributed by atoms with Crippen molar-refractivity contribution in [2.75, 3.05) is 19.0 Å². The summed E-state index contributed by atoms with van der Waals surface area (Å²) >= 11 is 0. The standard InChI is InChI=1S/C11H10F3N3O5/c1-22-8-3-2-6(4-7(8)17(20)21)16-9(18)5-15-10(19)11(12,13)14/h2-4H,5H2,1H3,(H,15,19)(H,16,18). The second-order valence-corrected chi connectivity index (χ2v) is 3.87. The van der Waals surface area contributed by atoms with E-state index in [0.29, 0.717) is 0 Å². The van der Waals surface area contributed by atoms with Gasteiger partial charge in [0.1, 0.15) is 0 Å². The summed E-state index contributed by atoms with van der Waals surface area (Å²) in [5.74, 6) is -3.28. The largest absolute Gasteiger partial charge is 0.490 e. The molecule has 8 nitrogen and oxygen atoms in total. The minimum atomic E-state index is -5.10. The number of benzene rings is 1. The quantitative estimate of drug-likeness (QED) is 0.626. The van der Waals surface area contributed by atoms with E-state index in [2.05, 4.69) is 5.32 Å². The zero-order chi connectivity index (χ0) is 16.9. The lowest BCUT2D eigenvalue weighted by atomic mass is 10.2. The first-order valence-corrected chi connectivity index (χ1v) is 5.62. The third kappa shape index (κ3) is 4.61. The highest BCUT2D eigenvalue weighted by Crippen LogP contribution is 2.29. The van der Waals surface area contributed by atoms with Gasteiger partial charge in [0.25, 0.3) is 0 Å². The van der Waals surface area contributed by atoms with Crippen LogP contribution >= 0.6 is 0 Å². The van der Waals surface area contributed by atoms with Crippen LogP contribution in [-0.4, -0.2) is 36.6 Å². The number of anilines is 1. The van der Waals surface area contributed by atoms with Crippen molar-refractivity contribution in [2.45, 2.75) is 6.18 Å². The van der Waals surface area contributed by atoms with Crippen LogP contribution in [0.4, 0.5) is 24.5 Å². The molecule has 0 aliphatic carbocycles. The van der Waals surface area contributed by atoms with E-state index >= 15 is 0 Å². The molecule has 0 aliphatic heterocycles. The highest BCUT2D eigenvalue weighted by molar-refractivity contribution is 5.95. The van der Waals surface area contributed by atoms with Crippen LogP contribution in [-0.2, 0) is 9.59 Å². The highest BCUT2D eigenvalue weighted by Gasteiger charge is 2.38. The zero-order valence-electron chi connectivity index (χ0n) is 11.1. The van der Waals surface area contributed by atoms with Gasteiger partial charge >= 0.3 is 17.8 Å². The molecule has 0 radical (unpaired) electrons. The van der Waals surface area contributed by atoms with Crippen LogP contribution in [0.5, 0.6) is 5.75 Å². The molecule has 2 N–H and O–H groups in total. The van der Waals surface area contributed by atoms with Crippen LogP contribution in [0.2, 0.25) is 0 Å². The number of rotatable bonds is 5. The van der Waals surface area contributed by atoms with Gasteiger partial charge in [-0.25, -0.2) is 0 Å². The summed E-state index contributed by atoms with van der Waals surface area (Å²) < 4.78 is 40.5. The van der Waals surface area contributed by atoms with Gasteiger partial charge in [-0.3, -0.25) is 19.7 Å². The van der Waals surface area contributed by atoms with Gasteiger partial charge in [-0.2, -0.15) is 13.2 Å². The van der Waals surface area contributed by atoms with Crippen molar-refractivity contribution in [3.05, 3.63) is 28.3 Å². The summed E-state index contributed by atoms with van der Waals surface area (Å²) in [6.45, 7) is -0.932. The number of carbonyl (C=O) groups excluding carboxylic acids is 2. The summed E-state index contributed by atoms with van der Waals surface area (Å²) in [7, 11) is 1.22. The van der Waals surface area contributed by atoms with E-state index in [1.807, 2.05) is 0 Å². The van der Waals surface area contributed by atoms with E-state index in [4.69, 9.17) is 4.74 Å². The Bertz CT molecular complexity index is 603. The Labute approximate surface area is 121 Å². The first kappa shape index (κ1) is 17.2. The molecule has 0 fully saturated rings. The molecule has 0 saturated carbocycles. The minimum Gasteiger partial charge on any atom is -0.490 e. The van der Waals surface area contributed by atoms with Crippen molar-refractivity contribution in [3.63, 3.8) is 0 Å². The number of nitro groups is 1. The van der Waals surface area contributed by atoms with E-state index in [9.17, 15) is 32.9 Å². The molecule has 11 heteroatoms. The zero-order valence-corrected chi connectivity index (χ0v) is 11.1. The molecule has 120 valence electrons. The third-order valence-corrected chi connectivity index (χ3v) is 2.33. The maximum atomic E-state index is 11.9. The predicted octanol–water partition coefficient (Wildman–Crippen LogP) is 1.22. The Kier molecular flexibility index (Phi) is 5.27. The predicted molar refractivity (Wildman–Crippen MR) is 67.3 cm³/mol. The number of carbonyl (C=O) groups is 2. The van der Waals surface area contributed by atoms with E-state index in [1.165, 1.54) is 24.6 Å². The Morgan fingerprint density at radius 1 is 1.36 bits per heavy atom. The number of methoxy groups -OCH3 is 1. The van der Waals surface area contributed by atoms with Crippen molar-refractivity contribution in [3.8, 4) is 5.75 Å². The average molecular weight is 321 g/mol.